The van der Waals surface area contributed by atoms with E-state index in [1.165, 1.54) is 122 Å². The quantitative estimate of drug-likeness (QED) is 0.0745. The van der Waals surface area contributed by atoms with Crippen LogP contribution in [0.3, 0.4) is 0 Å². The fraction of sp³-hybridized carbons (Fsp3) is 0.960. The Balaban J connectivity index is 3.04. The smallest absolute Gasteiger partial charge is 0.341 e. The van der Waals surface area contributed by atoms with Crippen molar-refractivity contribution in [2.45, 2.75) is 154 Å². The highest BCUT2D eigenvalue weighted by Crippen LogP contribution is 2.27. The minimum absolute atomic E-state index is 0.337. The van der Waals surface area contributed by atoms with Gasteiger partial charge in [0.05, 0.1) is 0 Å². The number of aliphatic carboxylic acids is 1. The molecule has 0 heterocycles. The molecule has 2 nitrogen and oxygen atoms in total. The molecule has 0 bridgehead atoms. The molecule has 0 aromatic heterocycles. The monoisotopic (exact) mass is 514 g/mol. The molecule has 0 aromatic rings. The van der Waals surface area contributed by atoms with Crippen LogP contribution in [0.15, 0.2) is 0 Å². The van der Waals surface area contributed by atoms with Crippen molar-refractivity contribution < 1.29 is 9.90 Å². The Morgan fingerprint density at radius 3 is 0.903 bits per heavy atom. The Morgan fingerprint density at radius 1 is 0.452 bits per heavy atom. The molecule has 0 spiro atoms. The Hall–Kier alpha value is 0.557. The molecule has 0 atom stereocenters. The van der Waals surface area contributed by atoms with E-state index < -0.39 is 12.0 Å². The molecule has 0 saturated heterocycles. The summed E-state index contributed by atoms with van der Waals surface area (Å²) in [5.74, 6) is -0.658. The van der Waals surface area contributed by atoms with Crippen LogP contribution in [0.1, 0.15) is 148 Å². The maximum atomic E-state index is 10.4. The maximum Gasteiger partial charge on any atom is 0.341 e. The van der Waals surface area contributed by atoms with Gasteiger partial charge in [-0.3, -0.25) is 4.79 Å². The number of rotatable bonds is 25. The predicted octanol–water partition coefficient (Wildman–Crippen LogP) is 10.7. The van der Waals surface area contributed by atoms with E-state index in [2.05, 4.69) is 0 Å². The van der Waals surface area contributed by atoms with Gasteiger partial charge in [0.2, 0.25) is 0 Å². The average Bonchev–Trinajstić information content (AvgIpc) is 2.70. The van der Waals surface area contributed by atoms with Crippen molar-refractivity contribution >= 4 is 45.2 Å². The minimum Gasteiger partial charge on any atom is -0.481 e. The summed E-state index contributed by atoms with van der Waals surface area (Å²) < 4.78 is 0. The van der Waals surface area contributed by atoms with E-state index in [9.17, 15) is 4.79 Å². The van der Waals surface area contributed by atoms with Crippen LogP contribution >= 0.6 is 33.2 Å². The van der Waals surface area contributed by atoms with Crippen LogP contribution in [0.5, 0.6) is 0 Å². The number of carboxylic acids is 1. The first-order chi connectivity index (χ1) is 14.9. The van der Waals surface area contributed by atoms with E-state index >= 15 is 0 Å². The number of unbranched alkanes of at least 4 members (excludes halogenated alkanes) is 21. The van der Waals surface area contributed by atoms with Gasteiger partial charge in [0.1, 0.15) is 0 Å². The molecule has 6 heteroatoms. The molecule has 0 aliphatic rings. The second kappa shape index (κ2) is 23.7. The summed E-state index contributed by atoms with van der Waals surface area (Å²) in [5, 5.41) is 8.59. The first kappa shape index (κ1) is 31.6. The maximum absolute atomic E-state index is 10.4. The molecule has 0 amide bonds. The molecular weight excluding hydrogens is 467 g/mol. The van der Waals surface area contributed by atoms with Crippen LogP contribution in [0.2, 0.25) is 6.04 Å². The normalized spacial score (nSPS) is 11.8. The molecule has 0 saturated carbocycles. The lowest BCUT2D eigenvalue weighted by Gasteiger charge is -2.07. The van der Waals surface area contributed by atoms with Gasteiger partial charge in [-0.2, -0.15) is 0 Å². The van der Waals surface area contributed by atoms with E-state index in [-0.39, 0.29) is 0 Å². The van der Waals surface area contributed by atoms with Crippen molar-refractivity contribution in [3.05, 3.63) is 0 Å². The summed E-state index contributed by atoms with van der Waals surface area (Å²) in [6, 6.07) is -1.56. The first-order valence-electron chi connectivity index (χ1n) is 13.2. The van der Waals surface area contributed by atoms with Gasteiger partial charge in [-0.05, 0) is 12.5 Å². The fourth-order valence-corrected chi connectivity index (χ4v) is 5.99. The highest BCUT2D eigenvalue weighted by Gasteiger charge is 2.23. The zero-order valence-electron chi connectivity index (χ0n) is 20.0. The van der Waals surface area contributed by atoms with Crippen LogP contribution in [-0.2, 0) is 4.79 Å². The predicted molar refractivity (Wildman–Crippen MR) is 142 cm³/mol. The second-order valence-electron chi connectivity index (χ2n) is 9.29. The third-order valence-corrected chi connectivity index (χ3v) is 8.72. The van der Waals surface area contributed by atoms with E-state index in [1.54, 1.807) is 0 Å². The zero-order valence-corrected chi connectivity index (χ0v) is 23.2. The lowest BCUT2D eigenvalue weighted by atomic mass is 10.0. The number of carbonyl (C=O) groups is 1. The van der Waals surface area contributed by atoms with Crippen molar-refractivity contribution in [3.8, 4) is 0 Å². The third kappa shape index (κ3) is 30.6. The van der Waals surface area contributed by atoms with E-state index in [1.807, 2.05) is 0 Å². The largest absolute Gasteiger partial charge is 0.481 e. The second-order valence-corrected chi connectivity index (χ2v) is 18.6. The molecule has 0 aromatic carbocycles. The molecule has 0 aliphatic carbocycles. The SMILES string of the molecule is O=C(O)CCCCCCCCCCCCCCCCCCCCCCCC[Si](Cl)(Cl)Cl. The van der Waals surface area contributed by atoms with E-state index in [0.717, 1.165) is 25.3 Å². The molecule has 0 fully saturated rings. The van der Waals surface area contributed by atoms with Gasteiger partial charge in [0.15, 0.2) is 0 Å². The van der Waals surface area contributed by atoms with Crippen LogP contribution in [-0.4, -0.2) is 17.1 Å². The topological polar surface area (TPSA) is 37.3 Å². The van der Waals surface area contributed by atoms with E-state index in [0.29, 0.717) is 6.42 Å². The lowest BCUT2D eigenvalue weighted by Crippen LogP contribution is -2.07. The average molecular weight is 516 g/mol. The van der Waals surface area contributed by atoms with Crippen molar-refractivity contribution in [1.29, 1.82) is 0 Å². The molecule has 0 aliphatic heterocycles. The summed E-state index contributed by atoms with van der Waals surface area (Å²) in [6.45, 7) is 0. The lowest BCUT2D eigenvalue weighted by molar-refractivity contribution is -0.137. The zero-order chi connectivity index (χ0) is 23.0. The Bertz CT molecular complexity index is 389. The first-order valence-corrected chi connectivity index (χ1v) is 18.4. The third-order valence-electron chi connectivity index (χ3n) is 6.10. The highest BCUT2D eigenvalue weighted by atomic mass is 35.8. The van der Waals surface area contributed by atoms with Crippen molar-refractivity contribution in [2.75, 3.05) is 0 Å². The molecule has 0 radical (unpaired) electrons. The van der Waals surface area contributed by atoms with Crippen molar-refractivity contribution in [1.82, 2.24) is 0 Å². The van der Waals surface area contributed by atoms with Gasteiger partial charge in [0, 0.05) is 6.42 Å². The van der Waals surface area contributed by atoms with Gasteiger partial charge in [-0.15, -0.1) is 33.2 Å². The number of hydrogen-bond donors (Lipinski definition) is 1. The number of carboxylic acid groups (broad SMARTS) is 1. The Morgan fingerprint density at radius 2 is 0.677 bits per heavy atom. The van der Waals surface area contributed by atoms with Gasteiger partial charge >= 0.3 is 12.0 Å². The minimum atomic E-state index is -2.37. The standard InChI is InChI=1S/C25H49Cl3O2Si/c26-31(27,28)24-22-20-18-16-14-12-10-8-6-4-2-1-3-5-7-9-11-13-15-17-19-21-23-25(29)30/h1-24H2,(H,29,30). The van der Waals surface area contributed by atoms with Gasteiger partial charge in [0.25, 0.3) is 0 Å². The number of hydrogen-bond acceptors (Lipinski definition) is 1. The Labute approximate surface area is 208 Å². The summed E-state index contributed by atoms with van der Waals surface area (Å²) in [4.78, 5) is 10.4. The van der Waals surface area contributed by atoms with E-state index in [4.69, 9.17) is 38.3 Å². The summed E-state index contributed by atoms with van der Waals surface area (Å²) in [7, 11) is 0. The van der Waals surface area contributed by atoms with Crippen LogP contribution in [0.25, 0.3) is 0 Å². The van der Waals surface area contributed by atoms with Gasteiger partial charge in [-0.25, -0.2) is 0 Å². The van der Waals surface area contributed by atoms with Crippen molar-refractivity contribution in [3.63, 3.8) is 0 Å². The summed E-state index contributed by atoms with van der Waals surface area (Å²) in [6.07, 6.45) is 29.2. The van der Waals surface area contributed by atoms with Crippen LogP contribution < -0.4 is 0 Å². The number of halogens is 3. The Kier molecular flexibility index (Phi) is 24.1. The molecule has 31 heavy (non-hydrogen) atoms. The van der Waals surface area contributed by atoms with Crippen LogP contribution in [0.4, 0.5) is 0 Å². The summed E-state index contributed by atoms with van der Waals surface area (Å²) in [5.41, 5.74) is 0. The molecule has 1 N–H and O–H groups in total. The molecule has 186 valence electrons. The van der Waals surface area contributed by atoms with Gasteiger partial charge < -0.3 is 5.11 Å². The molecular formula is C25H49Cl3O2Si. The van der Waals surface area contributed by atoms with Gasteiger partial charge in [-0.1, -0.05) is 135 Å². The highest BCUT2D eigenvalue weighted by molar-refractivity contribution is 7.64. The molecule has 0 rings (SSSR count). The fourth-order valence-electron chi connectivity index (χ4n) is 4.14. The summed E-state index contributed by atoms with van der Waals surface area (Å²) >= 11 is 17.7. The molecule has 0 unspecified atom stereocenters. The van der Waals surface area contributed by atoms with Crippen LogP contribution in [0, 0.1) is 0 Å². The van der Waals surface area contributed by atoms with Crippen molar-refractivity contribution in [2.24, 2.45) is 0 Å².